The third-order valence-electron chi connectivity index (χ3n) is 3.32. The van der Waals surface area contributed by atoms with Crippen molar-refractivity contribution >= 4 is 0 Å². The summed E-state index contributed by atoms with van der Waals surface area (Å²) in [4.78, 5) is 7.08. The minimum atomic E-state index is 0.768. The van der Waals surface area contributed by atoms with Gasteiger partial charge in [-0.25, -0.2) is 0 Å². The van der Waals surface area contributed by atoms with Crippen molar-refractivity contribution in [1.82, 2.24) is 15.2 Å². The van der Waals surface area contributed by atoms with Crippen LogP contribution in [0.3, 0.4) is 0 Å². The summed E-state index contributed by atoms with van der Waals surface area (Å²) in [5.74, 6) is 0. The van der Waals surface area contributed by atoms with Crippen LogP contribution < -0.4 is 5.32 Å². The Labute approximate surface area is 115 Å². The van der Waals surface area contributed by atoms with Crippen LogP contribution in [0.25, 0.3) is 0 Å². The highest BCUT2D eigenvalue weighted by Crippen LogP contribution is 2.13. The Balaban J connectivity index is 1.90. The first-order valence-electron chi connectivity index (χ1n) is 6.80. The van der Waals surface area contributed by atoms with E-state index in [4.69, 9.17) is 4.74 Å². The molecule has 2 rings (SSSR count). The van der Waals surface area contributed by atoms with Gasteiger partial charge >= 0.3 is 0 Å². The molecule has 19 heavy (non-hydrogen) atoms. The van der Waals surface area contributed by atoms with Crippen LogP contribution in [0.4, 0.5) is 0 Å². The molecule has 0 aromatic carbocycles. The maximum absolute atomic E-state index is 5.17. The number of nitrogens with one attached hydrogen (secondary N) is 1. The number of nitrogens with zero attached hydrogens (tertiary/aromatic N) is 2. The van der Waals surface area contributed by atoms with Crippen molar-refractivity contribution in [3.8, 4) is 0 Å². The predicted molar refractivity (Wildman–Crippen MR) is 76.9 cm³/mol. The fraction of sp³-hybridized carbons (Fsp3) is 0.533. The molecule has 0 bridgehead atoms. The topological polar surface area (TPSA) is 37.4 Å². The van der Waals surface area contributed by atoms with Gasteiger partial charge in [0.2, 0.25) is 0 Å². The zero-order valence-corrected chi connectivity index (χ0v) is 11.9. The number of rotatable bonds is 6. The average molecular weight is 261 g/mol. The van der Waals surface area contributed by atoms with Crippen LogP contribution in [0.1, 0.15) is 17.8 Å². The molecule has 4 heteroatoms. The van der Waals surface area contributed by atoms with Gasteiger partial charge in [-0.15, -0.1) is 0 Å². The van der Waals surface area contributed by atoms with Gasteiger partial charge in [0.1, 0.15) is 0 Å². The van der Waals surface area contributed by atoms with Gasteiger partial charge in [-0.3, -0.25) is 9.88 Å². The molecule has 104 valence electrons. The molecule has 2 heterocycles. The van der Waals surface area contributed by atoms with E-state index in [0.29, 0.717) is 0 Å². The summed E-state index contributed by atoms with van der Waals surface area (Å²) in [5.41, 5.74) is 3.67. The normalized spacial score (nSPS) is 16.4. The van der Waals surface area contributed by atoms with Crippen LogP contribution in [-0.4, -0.2) is 43.7 Å². The number of methoxy groups -OCH3 is 1. The molecule has 0 radical (unpaired) electrons. The molecule has 0 amide bonds. The van der Waals surface area contributed by atoms with E-state index in [-0.39, 0.29) is 0 Å². The first kappa shape index (κ1) is 14.2. The smallest absolute Gasteiger partial charge is 0.0673 e. The predicted octanol–water partition coefficient (Wildman–Crippen LogP) is 1.58. The van der Waals surface area contributed by atoms with Gasteiger partial charge in [-0.2, -0.15) is 0 Å². The van der Waals surface area contributed by atoms with Gasteiger partial charge in [0.05, 0.1) is 18.0 Å². The van der Waals surface area contributed by atoms with E-state index in [1.807, 2.05) is 7.05 Å². The van der Waals surface area contributed by atoms with Gasteiger partial charge in [-0.05, 0) is 31.2 Å². The van der Waals surface area contributed by atoms with Gasteiger partial charge in [-0.1, -0.05) is 12.1 Å². The largest absolute Gasteiger partial charge is 0.380 e. The van der Waals surface area contributed by atoms with Crippen molar-refractivity contribution in [2.45, 2.75) is 19.5 Å². The molecule has 0 saturated heterocycles. The van der Waals surface area contributed by atoms with Crippen molar-refractivity contribution in [2.24, 2.45) is 0 Å². The summed E-state index contributed by atoms with van der Waals surface area (Å²) in [6, 6.07) is 6.26. The Bertz CT molecular complexity index is 431. The maximum Gasteiger partial charge on any atom is 0.0673 e. The first-order valence-corrected chi connectivity index (χ1v) is 6.80. The van der Waals surface area contributed by atoms with E-state index in [9.17, 15) is 0 Å². The van der Waals surface area contributed by atoms with E-state index in [0.717, 1.165) is 50.6 Å². The van der Waals surface area contributed by atoms with Crippen LogP contribution in [0.2, 0.25) is 0 Å². The minimum Gasteiger partial charge on any atom is -0.380 e. The van der Waals surface area contributed by atoms with Crippen molar-refractivity contribution in [2.75, 3.05) is 33.9 Å². The second kappa shape index (κ2) is 7.38. The van der Waals surface area contributed by atoms with E-state index in [2.05, 4.69) is 39.5 Å². The Morgan fingerprint density at radius 2 is 2.21 bits per heavy atom. The Kier molecular flexibility index (Phi) is 5.51. The standard InChI is InChI=1S/C15H23N3O/c1-16-10-14-4-3-5-15(17-14)11-18-8-6-13(7-9-18)12-19-2/h3-6,16H,7-12H2,1-2H3. The Morgan fingerprint density at radius 1 is 1.37 bits per heavy atom. The SMILES string of the molecule is CNCc1cccc(CN2CC=C(COC)CC2)n1. The van der Waals surface area contributed by atoms with Crippen molar-refractivity contribution in [3.05, 3.63) is 41.2 Å². The molecule has 0 saturated carbocycles. The summed E-state index contributed by atoms with van der Waals surface area (Å²) < 4.78 is 5.17. The van der Waals surface area contributed by atoms with Crippen LogP contribution in [0, 0.1) is 0 Å². The number of hydrogen-bond donors (Lipinski definition) is 1. The Hall–Kier alpha value is -1.23. The number of aromatic nitrogens is 1. The highest BCUT2D eigenvalue weighted by molar-refractivity contribution is 5.13. The lowest BCUT2D eigenvalue weighted by atomic mass is 10.1. The van der Waals surface area contributed by atoms with Crippen LogP contribution in [-0.2, 0) is 17.8 Å². The zero-order chi connectivity index (χ0) is 13.5. The van der Waals surface area contributed by atoms with Gasteiger partial charge in [0.25, 0.3) is 0 Å². The molecule has 1 aromatic heterocycles. The molecule has 0 atom stereocenters. The molecule has 1 aliphatic rings. The van der Waals surface area contributed by atoms with Crippen LogP contribution in [0.5, 0.6) is 0 Å². The van der Waals surface area contributed by atoms with Gasteiger partial charge < -0.3 is 10.1 Å². The molecule has 0 aliphatic carbocycles. The summed E-state index contributed by atoms with van der Waals surface area (Å²) in [6.07, 6.45) is 3.38. The molecule has 0 unspecified atom stereocenters. The summed E-state index contributed by atoms with van der Waals surface area (Å²) >= 11 is 0. The molecule has 0 fully saturated rings. The maximum atomic E-state index is 5.17. The highest BCUT2D eigenvalue weighted by Gasteiger charge is 2.12. The lowest BCUT2D eigenvalue weighted by Gasteiger charge is -2.25. The molecule has 4 nitrogen and oxygen atoms in total. The second-order valence-electron chi connectivity index (χ2n) is 4.93. The minimum absolute atomic E-state index is 0.768. The fourth-order valence-corrected chi connectivity index (χ4v) is 2.34. The zero-order valence-electron chi connectivity index (χ0n) is 11.9. The van der Waals surface area contributed by atoms with Crippen LogP contribution in [0.15, 0.2) is 29.8 Å². The van der Waals surface area contributed by atoms with E-state index in [1.165, 1.54) is 5.57 Å². The van der Waals surface area contributed by atoms with E-state index >= 15 is 0 Å². The van der Waals surface area contributed by atoms with E-state index < -0.39 is 0 Å². The lowest BCUT2D eigenvalue weighted by Crippen LogP contribution is -2.29. The quantitative estimate of drug-likeness (QED) is 0.789. The van der Waals surface area contributed by atoms with Crippen molar-refractivity contribution < 1.29 is 4.74 Å². The van der Waals surface area contributed by atoms with Crippen molar-refractivity contribution in [3.63, 3.8) is 0 Å². The highest BCUT2D eigenvalue weighted by atomic mass is 16.5. The van der Waals surface area contributed by atoms with Crippen LogP contribution >= 0.6 is 0 Å². The Morgan fingerprint density at radius 3 is 2.89 bits per heavy atom. The number of ether oxygens (including phenoxy) is 1. The lowest BCUT2D eigenvalue weighted by molar-refractivity contribution is 0.210. The molecule has 1 N–H and O–H groups in total. The third-order valence-corrected chi connectivity index (χ3v) is 3.32. The second-order valence-corrected chi connectivity index (χ2v) is 4.93. The molecular weight excluding hydrogens is 238 g/mol. The molecule has 0 spiro atoms. The average Bonchev–Trinajstić information content (AvgIpc) is 2.42. The first-order chi connectivity index (χ1) is 9.31. The number of pyridine rings is 1. The van der Waals surface area contributed by atoms with Gasteiger partial charge in [0, 0.05) is 33.3 Å². The summed E-state index contributed by atoms with van der Waals surface area (Å²) in [5, 5.41) is 3.14. The molecule has 1 aromatic rings. The fourth-order valence-electron chi connectivity index (χ4n) is 2.34. The van der Waals surface area contributed by atoms with Crippen molar-refractivity contribution in [1.29, 1.82) is 0 Å². The van der Waals surface area contributed by atoms with Gasteiger partial charge in [0.15, 0.2) is 0 Å². The summed E-state index contributed by atoms with van der Waals surface area (Å²) in [7, 11) is 3.70. The monoisotopic (exact) mass is 261 g/mol. The third kappa shape index (κ3) is 4.42. The molecule has 1 aliphatic heterocycles. The summed E-state index contributed by atoms with van der Waals surface area (Å²) in [6.45, 7) is 4.60. The number of hydrogen-bond acceptors (Lipinski definition) is 4. The van der Waals surface area contributed by atoms with E-state index in [1.54, 1.807) is 7.11 Å². The molecular formula is C15H23N3O.